The second-order valence-corrected chi connectivity index (χ2v) is 16.0. The molecule has 6 heteroatoms. The molecule has 0 aliphatic carbocycles. The molecule has 0 unspecified atom stereocenters. The fraction of sp³-hybridized carbons (Fsp3) is 0. The number of para-hydroxylation sites is 3. The van der Waals surface area contributed by atoms with Gasteiger partial charge in [-0.2, -0.15) is 0 Å². The highest BCUT2D eigenvalue weighted by molar-refractivity contribution is 7.26. The summed E-state index contributed by atoms with van der Waals surface area (Å²) < 4.78 is 59.8. The molecule has 266 valence electrons. The van der Waals surface area contributed by atoms with E-state index >= 15 is 0 Å². The van der Waals surface area contributed by atoms with Crippen LogP contribution in [0.1, 0.15) is 8.22 Å². The molecule has 0 amide bonds. The van der Waals surface area contributed by atoms with Crippen LogP contribution in [-0.2, 0) is 0 Å². The van der Waals surface area contributed by atoms with E-state index in [0.717, 1.165) is 38.3 Å². The zero-order valence-electron chi connectivity index (χ0n) is 36.0. The van der Waals surface area contributed by atoms with Gasteiger partial charge in [-0.1, -0.05) is 133 Å². The molecule has 12 rings (SSSR count). The summed E-state index contributed by atoms with van der Waals surface area (Å²) >= 11 is 2.97. The zero-order valence-corrected chi connectivity index (χ0v) is 31.6. The van der Waals surface area contributed by atoms with Crippen LogP contribution in [0.15, 0.2) is 182 Å². The Labute approximate surface area is 344 Å². The third kappa shape index (κ3) is 5.08. The number of rotatable bonds is 5. The van der Waals surface area contributed by atoms with E-state index in [0.29, 0.717) is 54.6 Å². The highest BCUT2D eigenvalue weighted by Gasteiger charge is 2.24. The standard InChI is InChI=1S/C51H30N4S2/c1-2-14-31(15-3-1)49-52-50(32-28-29-46-41(30-32)36-19-7-10-26-44(36)56-46)54-51(53-49)40-23-12-20-37(39-22-13-21-38-35-18-6-11-27-45(35)57-48(38)39)47(40)55-42-24-8-4-16-33(42)34-17-5-9-25-43(34)55/h1-30H/i6D,13D,18D,21D,22D,27D. The maximum atomic E-state index is 9.62. The topological polar surface area (TPSA) is 43.6 Å². The van der Waals surface area contributed by atoms with Gasteiger partial charge in [-0.15, -0.1) is 22.7 Å². The van der Waals surface area contributed by atoms with Gasteiger partial charge >= 0.3 is 0 Å². The molecule has 12 aromatic rings. The summed E-state index contributed by atoms with van der Waals surface area (Å²) in [5.41, 5.74) is 5.75. The first-order valence-corrected chi connectivity index (χ1v) is 20.2. The highest BCUT2D eigenvalue weighted by atomic mass is 32.1. The molecule has 0 bridgehead atoms. The minimum Gasteiger partial charge on any atom is -0.308 e. The first-order chi connectivity index (χ1) is 30.7. The molecule has 0 saturated carbocycles. The van der Waals surface area contributed by atoms with Crippen molar-refractivity contribution in [1.29, 1.82) is 0 Å². The van der Waals surface area contributed by atoms with Gasteiger partial charge in [0, 0.05) is 78.9 Å². The van der Waals surface area contributed by atoms with E-state index in [2.05, 4.69) is 71.3 Å². The monoisotopic (exact) mass is 768 g/mol. The van der Waals surface area contributed by atoms with Crippen molar-refractivity contribution in [1.82, 2.24) is 19.5 Å². The molecule has 4 aromatic heterocycles. The van der Waals surface area contributed by atoms with E-state index in [9.17, 15) is 2.74 Å². The van der Waals surface area contributed by atoms with Crippen molar-refractivity contribution in [3.63, 3.8) is 0 Å². The number of fused-ring (bicyclic) bond motifs is 9. The number of aromatic nitrogens is 4. The lowest BCUT2D eigenvalue weighted by Crippen LogP contribution is -2.05. The average molecular weight is 769 g/mol. The zero-order chi connectivity index (χ0) is 42.7. The Kier molecular flexibility index (Phi) is 6.00. The maximum Gasteiger partial charge on any atom is 0.166 e. The lowest BCUT2D eigenvalue weighted by atomic mass is 9.97. The molecule has 0 aliphatic rings. The molecule has 0 radical (unpaired) electrons. The summed E-state index contributed by atoms with van der Waals surface area (Å²) in [6, 6.07) is 47.2. The largest absolute Gasteiger partial charge is 0.308 e. The Morgan fingerprint density at radius 3 is 1.89 bits per heavy atom. The molecule has 4 heterocycles. The second-order valence-electron chi connectivity index (χ2n) is 13.9. The van der Waals surface area contributed by atoms with Crippen LogP contribution in [0.4, 0.5) is 0 Å². The van der Waals surface area contributed by atoms with E-state index in [1.165, 1.54) is 32.2 Å². The summed E-state index contributed by atoms with van der Waals surface area (Å²) in [5.74, 6) is 1.38. The average Bonchev–Trinajstić information content (AvgIpc) is 4.01. The molecule has 0 spiro atoms. The van der Waals surface area contributed by atoms with Crippen molar-refractivity contribution < 1.29 is 8.22 Å². The lowest BCUT2D eigenvalue weighted by Gasteiger charge is -2.19. The Balaban J connectivity index is 1.22. The highest BCUT2D eigenvalue weighted by Crippen LogP contribution is 2.46. The Bertz CT molecular complexity index is 3840. The SMILES string of the molecule is [2H]c1cc([2H])c2sc3c(-c4cccc(-c5nc(-c6ccccc6)nc(-c6ccc7sc8ccccc8c7c6)n5)c4-n4c5ccccc5c5ccccc54)c([2H])c([2H])c([2H])c3c2c1[2H]. The molecule has 57 heavy (non-hydrogen) atoms. The van der Waals surface area contributed by atoms with Crippen molar-refractivity contribution in [2.75, 3.05) is 0 Å². The predicted octanol–water partition coefficient (Wildman–Crippen LogP) is 14.4. The Hall–Kier alpha value is -6.99. The molecular formula is C51H30N4S2. The van der Waals surface area contributed by atoms with Crippen LogP contribution < -0.4 is 0 Å². The van der Waals surface area contributed by atoms with Crippen molar-refractivity contribution in [2.24, 2.45) is 0 Å². The molecular weight excluding hydrogens is 733 g/mol. The minimum absolute atomic E-state index is 0.0618. The van der Waals surface area contributed by atoms with Gasteiger partial charge in [-0.3, -0.25) is 0 Å². The van der Waals surface area contributed by atoms with Crippen LogP contribution in [0.25, 0.3) is 113 Å². The predicted molar refractivity (Wildman–Crippen MR) is 242 cm³/mol. The van der Waals surface area contributed by atoms with Gasteiger partial charge in [0.15, 0.2) is 17.5 Å². The lowest BCUT2D eigenvalue weighted by molar-refractivity contribution is 1.07. The number of hydrogen-bond acceptors (Lipinski definition) is 5. The summed E-state index contributed by atoms with van der Waals surface area (Å²) in [5, 5.41) is 4.90. The number of hydrogen-bond donors (Lipinski definition) is 0. The molecule has 0 N–H and O–H groups in total. The van der Waals surface area contributed by atoms with E-state index in [-0.39, 0.29) is 41.6 Å². The van der Waals surface area contributed by atoms with Gasteiger partial charge in [0.1, 0.15) is 0 Å². The van der Waals surface area contributed by atoms with E-state index in [1.807, 2.05) is 72.8 Å². The summed E-state index contributed by atoms with van der Waals surface area (Å²) in [7, 11) is 0. The fourth-order valence-corrected chi connectivity index (χ4v) is 10.3. The van der Waals surface area contributed by atoms with Crippen molar-refractivity contribution in [3.05, 3.63) is 182 Å². The third-order valence-corrected chi connectivity index (χ3v) is 12.9. The number of benzene rings is 8. The summed E-state index contributed by atoms with van der Waals surface area (Å²) in [4.78, 5) is 15.7. The molecule has 8 aromatic carbocycles. The third-order valence-electron chi connectivity index (χ3n) is 10.6. The molecule has 0 fully saturated rings. The van der Waals surface area contributed by atoms with Gasteiger partial charge in [0.25, 0.3) is 0 Å². The molecule has 0 atom stereocenters. The van der Waals surface area contributed by atoms with Crippen LogP contribution in [0, 0.1) is 0 Å². The number of thiophene rings is 2. The van der Waals surface area contributed by atoms with Gasteiger partial charge in [0.2, 0.25) is 0 Å². The van der Waals surface area contributed by atoms with Crippen molar-refractivity contribution in [2.45, 2.75) is 0 Å². The van der Waals surface area contributed by atoms with Gasteiger partial charge in [-0.05, 0) is 48.5 Å². The Morgan fingerprint density at radius 1 is 0.404 bits per heavy atom. The normalized spacial score (nSPS) is 13.3. The molecule has 4 nitrogen and oxygen atoms in total. The van der Waals surface area contributed by atoms with Crippen LogP contribution >= 0.6 is 22.7 Å². The van der Waals surface area contributed by atoms with Crippen LogP contribution in [-0.4, -0.2) is 19.5 Å². The first-order valence-electron chi connectivity index (χ1n) is 21.5. The van der Waals surface area contributed by atoms with Crippen LogP contribution in [0.3, 0.4) is 0 Å². The van der Waals surface area contributed by atoms with E-state index in [4.69, 9.17) is 20.4 Å². The summed E-state index contributed by atoms with van der Waals surface area (Å²) in [6.07, 6.45) is 0. The smallest absolute Gasteiger partial charge is 0.166 e. The van der Waals surface area contributed by atoms with Gasteiger partial charge < -0.3 is 4.57 Å². The maximum absolute atomic E-state index is 9.62. The van der Waals surface area contributed by atoms with Gasteiger partial charge in [-0.25, -0.2) is 15.0 Å². The van der Waals surface area contributed by atoms with Gasteiger partial charge in [0.05, 0.1) is 24.9 Å². The molecule has 0 aliphatic heterocycles. The Morgan fingerprint density at radius 2 is 1.07 bits per heavy atom. The van der Waals surface area contributed by atoms with Crippen LogP contribution in [0.2, 0.25) is 0 Å². The second kappa shape index (κ2) is 12.8. The van der Waals surface area contributed by atoms with Crippen molar-refractivity contribution >= 4 is 84.8 Å². The van der Waals surface area contributed by atoms with Crippen LogP contribution in [0.5, 0.6) is 0 Å². The summed E-state index contributed by atoms with van der Waals surface area (Å²) in [6.45, 7) is 0. The quantitative estimate of drug-likeness (QED) is 0.175. The van der Waals surface area contributed by atoms with E-state index < -0.39 is 0 Å². The first kappa shape index (κ1) is 26.8. The molecule has 0 saturated heterocycles. The van der Waals surface area contributed by atoms with E-state index in [1.54, 1.807) is 11.3 Å². The van der Waals surface area contributed by atoms with Crippen molar-refractivity contribution in [3.8, 4) is 51.0 Å². The minimum atomic E-state index is -0.303. The fourth-order valence-electron chi connectivity index (χ4n) is 8.10. The number of nitrogens with zero attached hydrogens (tertiary/aromatic N) is 4.